The number of thioether (sulfide) groups is 1. The summed E-state index contributed by atoms with van der Waals surface area (Å²) < 4.78 is 6.12. The fraction of sp³-hybridized carbons (Fsp3) is 0.250. The molecule has 2 heteroatoms. The summed E-state index contributed by atoms with van der Waals surface area (Å²) in [6.07, 6.45) is 1.27. The summed E-state index contributed by atoms with van der Waals surface area (Å²) in [4.78, 5) is 0. The van der Waals surface area contributed by atoms with Gasteiger partial charge < -0.3 is 4.74 Å². The first-order valence-corrected chi connectivity index (χ1v) is 7.22. The van der Waals surface area contributed by atoms with Gasteiger partial charge >= 0.3 is 0 Å². The van der Waals surface area contributed by atoms with E-state index in [1.807, 2.05) is 42.1 Å². The molecule has 0 bridgehead atoms. The molecule has 1 saturated heterocycles. The molecule has 3 rings (SSSR count). The van der Waals surface area contributed by atoms with E-state index in [4.69, 9.17) is 4.74 Å². The van der Waals surface area contributed by atoms with Crippen molar-refractivity contribution in [3.8, 4) is 11.5 Å². The maximum absolute atomic E-state index is 5.79. The Bertz CT molecular complexity index is 515. The summed E-state index contributed by atoms with van der Waals surface area (Å²) >= 11 is 2.03. The monoisotopic (exact) mass is 256 g/mol. The number of benzene rings is 2. The van der Waals surface area contributed by atoms with Gasteiger partial charge in [-0.05, 0) is 48.9 Å². The summed E-state index contributed by atoms with van der Waals surface area (Å²) in [7, 11) is 0. The largest absolute Gasteiger partial charge is 0.457 e. The first-order valence-electron chi connectivity index (χ1n) is 6.24. The van der Waals surface area contributed by atoms with E-state index in [1.54, 1.807) is 0 Å². The van der Waals surface area contributed by atoms with Crippen molar-refractivity contribution in [3.63, 3.8) is 0 Å². The van der Waals surface area contributed by atoms with E-state index in [1.165, 1.54) is 17.7 Å². The zero-order chi connectivity index (χ0) is 12.4. The minimum atomic E-state index is 0.325. The Morgan fingerprint density at radius 3 is 2.11 bits per heavy atom. The SMILES string of the molecule is CC1(c2ccc(Oc3ccccc3)cc2)CCS1. The number of para-hydroxylation sites is 1. The van der Waals surface area contributed by atoms with E-state index < -0.39 is 0 Å². The van der Waals surface area contributed by atoms with Gasteiger partial charge in [0, 0.05) is 4.75 Å². The zero-order valence-electron chi connectivity index (χ0n) is 10.4. The molecule has 2 aromatic carbocycles. The standard InChI is InChI=1S/C16H16OS/c1-16(11-12-18-16)13-7-9-15(10-8-13)17-14-5-3-2-4-6-14/h2-10H,11-12H2,1H3. The Kier molecular flexibility index (Phi) is 3.04. The maximum atomic E-state index is 5.79. The maximum Gasteiger partial charge on any atom is 0.127 e. The van der Waals surface area contributed by atoms with E-state index in [2.05, 4.69) is 31.2 Å². The molecule has 1 aliphatic rings. The molecule has 0 spiro atoms. The molecule has 1 unspecified atom stereocenters. The molecule has 0 aromatic heterocycles. The van der Waals surface area contributed by atoms with E-state index in [0.717, 1.165) is 11.5 Å². The van der Waals surface area contributed by atoms with Crippen LogP contribution in [0.25, 0.3) is 0 Å². The molecule has 92 valence electrons. The molecule has 1 atom stereocenters. The normalized spacial score (nSPS) is 22.3. The van der Waals surface area contributed by atoms with Gasteiger partial charge in [-0.25, -0.2) is 0 Å². The minimum absolute atomic E-state index is 0.325. The highest BCUT2D eigenvalue weighted by atomic mass is 32.2. The fourth-order valence-corrected chi connectivity index (χ4v) is 3.26. The molecule has 0 amide bonds. The molecule has 0 radical (unpaired) electrons. The Morgan fingerprint density at radius 2 is 1.56 bits per heavy atom. The van der Waals surface area contributed by atoms with Crippen molar-refractivity contribution in [2.24, 2.45) is 0 Å². The van der Waals surface area contributed by atoms with E-state index in [0.29, 0.717) is 4.75 Å². The summed E-state index contributed by atoms with van der Waals surface area (Å²) in [5, 5.41) is 0. The van der Waals surface area contributed by atoms with Crippen molar-refractivity contribution >= 4 is 11.8 Å². The smallest absolute Gasteiger partial charge is 0.127 e. The van der Waals surface area contributed by atoms with Crippen molar-refractivity contribution in [1.29, 1.82) is 0 Å². The van der Waals surface area contributed by atoms with Gasteiger partial charge in [-0.2, -0.15) is 11.8 Å². The van der Waals surface area contributed by atoms with Crippen LogP contribution in [-0.2, 0) is 4.75 Å². The zero-order valence-corrected chi connectivity index (χ0v) is 11.2. The highest BCUT2D eigenvalue weighted by Crippen LogP contribution is 2.48. The van der Waals surface area contributed by atoms with Gasteiger partial charge in [0.2, 0.25) is 0 Å². The average molecular weight is 256 g/mol. The third kappa shape index (κ3) is 2.25. The Hall–Kier alpha value is -1.41. The van der Waals surface area contributed by atoms with Gasteiger partial charge in [0.05, 0.1) is 0 Å². The van der Waals surface area contributed by atoms with Gasteiger partial charge in [-0.3, -0.25) is 0 Å². The molecule has 0 saturated carbocycles. The molecule has 0 N–H and O–H groups in total. The summed E-state index contributed by atoms with van der Waals surface area (Å²) in [5.41, 5.74) is 1.40. The molecule has 18 heavy (non-hydrogen) atoms. The van der Waals surface area contributed by atoms with Crippen LogP contribution in [0.15, 0.2) is 54.6 Å². The van der Waals surface area contributed by atoms with Gasteiger partial charge in [-0.15, -0.1) is 0 Å². The Morgan fingerprint density at radius 1 is 0.944 bits per heavy atom. The van der Waals surface area contributed by atoms with Crippen molar-refractivity contribution in [2.75, 3.05) is 5.75 Å². The number of hydrogen-bond acceptors (Lipinski definition) is 2. The van der Waals surface area contributed by atoms with E-state index in [-0.39, 0.29) is 0 Å². The van der Waals surface area contributed by atoms with Crippen LogP contribution >= 0.6 is 11.8 Å². The van der Waals surface area contributed by atoms with Crippen molar-refractivity contribution in [1.82, 2.24) is 0 Å². The summed E-state index contributed by atoms with van der Waals surface area (Å²) in [5.74, 6) is 3.06. The lowest BCUT2D eigenvalue weighted by Crippen LogP contribution is -2.27. The third-order valence-electron chi connectivity index (χ3n) is 3.44. The lowest BCUT2D eigenvalue weighted by atomic mass is 9.96. The second kappa shape index (κ2) is 4.69. The van der Waals surface area contributed by atoms with Crippen LogP contribution < -0.4 is 4.74 Å². The molecule has 0 aliphatic carbocycles. The predicted molar refractivity (Wildman–Crippen MR) is 77.4 cm³/mol. The van der Waals surface area contributed by atoms with Crippen LogP contribution in [0.4, 0.5) is 0 Å². The predicted octanol–water partition coefficient (Wildman–Crippen LogP) is 4.83. The molecule has 1 fully saturated rings. The van der Waals surface area contributed by atoms with Gasteiger partial charge in [-0.1, -0.05) is 30.3 Å². The second-order valence-corrected chi connectivity index (χ2v) is 6.37. The molecule has 1 aliphatic heterocycles. The molecule has 1 nitrogen and oxygen atoms in total. The average Bonchev–Trinajstić information content (AvgIpc) is 2.38. The van der Waals surface area contributed by atoms with Crippen LogP contribution in [0.2, 0.25) is 0 Å². The van der Waals surface area contributed by atoms with Crippen molar-refractivity contribution in [3.05, 3.63) is 60.2 Å². The Balaban J connectivity index is 1.75. The summed E-state index contributed by atoms with van der Waals surface area (Å²) in [6.45, 7) is 2.31. The highest BCUT2D eigenvalue weighted by molar-refractivity contribution is 8.01. The second-order valence-electron chi connectivity index (χ2n) is 4.77. The molecular formula is C16H16OS. The van der Waals surface area contributed by atoms with Gasteiger partial charge in [0.15, 0.2) is 0 Å². The topological polar surface area (TPSA) is 9.23 Å². The van der Waals surface area contributed by atoms with Crippen LogP contribution in [0.3, 0.4) is 0 Å². The van der Waals surface area contributed by atoms with Gasteiger partial charge in [0.1, 0.15) is 11.5 Å². The minimum Gasteiger partial charge on any atom is -0.457 e. The Labute approximate surface area is 112 Å². The lowest BCUT2D eigenvalue weighted by molar-refractivity contribution is 0.482. The summed E-state index contributed by atoms with van der Waals surface area (Å²) in [6, 6.07) is 18.4. The molecular weight excluding hydrogens is 240 g/mol. The van der Waals surface area contributed by atoms with Gasteiger partial charge in [0.25, 0.3) is 0 Å². The quantitative estimate of drug-likeness (QED) is 0.777. The van der Waals surface area contributed by atoms with Crippen LogP contribution in [0.1, 0.15) is 18.9 Å². The van der Waals surface area contributed by atoms with Crippen LogP contribution in [0, 0.1) is 0 Å². The molecule has 1 heterocycles. The van der Waals surface area contributed by atoms with Crippen molar-refractivity contribution in [2.45, 2.75) is 18.1 Å². The molecule has 2 aromatic rings. The highest BCUT2D eigenvalue weighted by Gasteiger charge is 2.34. The number of hydrogen-bond donors (Lipinski definition) is 0. The van der Waals surface area contributed by atoms with Crippen LogP contribution in [0.5, 0.6) is 11.5 Å². The lowest BCUT2D eigenvalue weighted by Gasteiger charge is -2.38. The van der Waals surface area contributed by atoms with E-state index in [9.17, 15) is 0 Å². The van der Waals surface area contributed by atoms with Crippen LogP contribution in [-0.4, -0.2) is 5.75 Å². The van der Waals surface area contributed by atoms with Crippen molar-refractivity contribution < 1.29 is 4.74 Å². The third-order valence-corrected chi connectivity index (χ3v) is 4.93. The number of ether oxygens (including phenoxy) is 1. The van der Waals surface area contributed by atoms with E-state index >= 15 is 0 Å². The first kappa shape index (κ1) is 11.7. The number of rotatable bonds is 3. The first-order chi connectivity index (χ1) is 8.76. The fourth-order valence-electron chi connectivity index (χ4n) is 2.14.